The van der Waals surface area contributed by atoms with Crippen LogP contribution in [0.5, 0.6) is 11.5 Å². The number of anilines is 2. The van der Waals surface area contributed by atoms with Crippen molar-refractivity contribution < 1.29 is 19.1 Å². The molecule has 0 radical (unpaired) electrons. The number of carbonyl (C=O) groups is 2. The Kier molecular flexibility index (Phi) is 5.09. The van der Waals surface area contributed by atoms with Gasteiger partial charge in [-0.15, -0.1) is 0 Å². The van der Waals surface area contributed by atoms with Gasteiger partial charge in [0.25, 0.3) is 5.91 Å². The molecule has 2 N–H and O–H groups in total. The van der Waals surface area contributed by atoms with Gasteiger partial charge in [-0.25, -0.2) is 0 Å². The van der Waals surface area contributed by atoms with Crippen molar-refractivity contribution in [3.63, 3.8) is 0 Å². The molecule has 0 unspecified atom stereocenters. The van der Waals surface area contributed by atoms with Crippen LogP contribution in [0, 0.1) is 0 Å². The molecule has 2 aromatic rings. The molecule has 6 nitrogen and oxygen atoms in total. The second-order valence-electron chi connectivity index (χ2n) is 5.38. The highest BCUT2D eigenvalue weighted by Gasteiger charge is 2.20. The topological polar surface area (TPSA) is 76.7 Å². The summed E-state index contributed by atoms with van der Waals surface area (Å²) in [5, 5.41) is 5.81. The third-order valence-electron chi connectivity index (χ3n) is 3.63. The van der Waals surface area contributed by atoms with Crippen LogP contribution < -0.4 is 20.1 Å². The Bertz CT molecular complexity index is 823. The van der Waals surface area contributed by atoms with Crippen molar-refractivity contribution in [2.24, 2.45) is 0 Å². The van der Waals surface area contributed by atoms with E-state index >= 15 is 0 Å². The predicted molar refractivity (Wildman–Crippen MR) is 95.8 cm³/mol. The summed E-state index contributed by atoms with van der Waals surface area (Å²) >= 11 is 6.16. The number of carbonyl (C=O) groups excluding carboxylic acids is 2. The monoisotopic (exact) mass is 360 g/mol. The molecule has 3 rings (SSSR count). The van der Waals surface area contributed by atoms with Gasteiger partial charge in [-0.05, 0) is 30.3 Å². The number of halogens is 1. The van der Waals surface area contributed by atoms with Gasteiger partial charge in [-0.3, -0.25) is 9.59 Å². The molecule has 1 aliphatic rings. The lowest BCUT2D eigenvalue weighted by Gasteiger charge is -2.20. The Morgan fingerprint density at radius 3 is 2.68 bits per heavy atom. The summed E-state index contributed by atoms with van der Waals surface area (Å²) < 4.78 is 11.0. The zero-order valence-electron chi connectivity index (χ0n) is 13.6. The molecule has 0 saturated carbocycles. The van der Waals surface area contributed by atoms with Gasteiger partial charge in [0.1, 0.15) is 13.2 Å². The number of hydrogen-bond acceptors (Lipinski definition) is 4. The van der Waals surface area contributed by atoms with Crippen molar-refractivity contribution in [1.82, 2.24) is 0 Å². The fourth-order valence-corrected chi connectivity index (χ4v) is 2.61. The van der Waals surface area contributed by atoms with E-state index in [0.29, 0.717) is 53.1 Å². The maximum Gasteiger partial charge on any atom is 0.259 e. The number of hydrogen-bond donors (Lipinski definition) is 2. The van der Waals surface area contributed by atoms with E-state index in [1.54, 1.807) is 43.3 Å². The van der Waals surface area contributed by atoms with Gasteiger partial charge in [0.05, 0.1) is 16.3 Å². The summed E-state index contributed by atoms with van der Waals surface area (Å²) in [6, 6.07) is 10.1. The molecule has 0 spiro atoms. The van der Waals surface area contributed by atoms with Gasteiger partial charge in [-0.2, -0.15) is 0 Å². The van der Waals surface area contributed by atoms with Gasteiger partial charge in [0.2, 0.25) is 5.91 Å². The highest BCUT2D eigenvalue weighted by molar-refractivity contribution is 6.34. The highest BCUT2D eigenvalue weighted by atomic mass is 35.5. The van der Waals surface area contributed by atoms with Gasteiger partial charge in [-0.1, -0.05) is 24.6 Å². The van der Waals surface area contributed by atoms with E-state index in [1.807, 2.05) is 0 Å². The lowest BCUT2D eigenvalue weighted by Crippen LogP contribution is -2.20. The van der Waals surface area contributed by atoms with Crippen LogP contribution in [-0.4, -0.2) is 25.0 Å². The fourth-order valence-electron chi connectivity index (χ4n) is 2.38. The van der Waals surface area contributed by atoms with Crippen LogP contribution in [-0.2, 0) is 4.79 Å². The molecule has 1 aliphatic heterocycles. The second-order valence-corrected chi connectivity index (χ2v) is 5.79. The van der Waals surface area contributed by atoms with Gasteiger partial charge in [0.15, 0.2) is 11.5 Å². The molecule has 0 aromatic heterocycles. The standard InChI is InChI=1S/C18H17ClN2O4/c1-2-16(22)21-14-7-6-11(10-13(14)19)20-18(23)12-4-3-5-15-17(12)25-9-8-24-15/h3-7,10H,2,8-9H2,1H3,(H,20,23)(H,21,22). The molecule has 0 atom stereocenters. The van der Waals surface area contributed by atoms with Crippen LogP contribution in [0.2, 0.25) is 5.02 Å². The zero-order chi connectivity index (χ0) is 17.8. The number of para-hydroxylation sites is 1. The summed E-state index contributed by atoms with van der Waals surface area (Å²) in [5.41, 5.74) is 1.40. The third-order valence-corrected chi connectivity index (χ3v) is 3.95. The number of benzene rings is 2. The molecule has 0 saturated heterocycles. The minimum absolute atomic E-state index is 0.133. The first kappa shape index (κ1) is 17.1. The van der Waals surface area contributed by atoms with E-state index in [4.69, 9.17) is 21.1 Å². The first-order valence-electron chi connectivity index (χ1n) is 7.88. The quantitative estimate of drug-likeness (QED) is 0.871. The maximum absolute atomic E-state index is 12.5. The van der Waals surface area contributed by atoms with Crippen molar-refractivity contribution in [1.29, 1.82) is 0 Å². The number of rotatable bonds is 4. The fraction of sp³-hybridized carbons (Fsp3) is 0.222. The number of ether oxygens (including phenoxy) is 2. The van der Waals surface area contributed by atoms with E-state index in [1.165, 1.54) is 0 Å². The van der Waals surface area contributed by atoms with E-state index in [0.717, 1.165) is 0 Å². The molecule has 1 heterocycles. The molecular formula is C18H17ClN2O4. The average molecular weight is 361 g/mol. The lowest BCUT2D eigenvalue weighted by atomic mass is 10.1. The SMILES string of the molecule is CCC(=O)Nc1ccc(NC(=O)c2cccc3c2OCCO3)cc1Cl. The Labute approximate surface area is 150 Å². The molecule has 0 fully saturated rings. The van der Waals surface area contributed by atoms with Crippen LogP contribution in [0.15, 0.2) is 36.4 Å². The van der Waals surface area contributed by atoms with E-state index < -0.39 is 0 Å². The Balaban J connectivity index is 1.78. The van der Waals surface area contributed by atoms with Crippen molar-refractivity contribution in [2.45, 2.75) is 13.3 Å². The van der Waals surface area contributed by atoms with Crippen molar-refractivity contribution in [3.8, 4) is 11.5 Å². The van der Waals surface area contributed by atoms with Crippen LogP contribution >= 0.6 is 11.6 Å². The van der Waals surface area contributed by atoms with Crippen LogP contribution in [0.4, 0.5) is 11.4 Å². The average Bonchev–Trinajstić information content (AvgIpc) is 2.63. The second kappa shape index (κ2) is 7.44. The van der Waals surface area contributed by atoms with Crippen molar-refractivity contribution in [2.75, 3.05) is 23.8 Å². The first-order chi connectivity index (χ1) is 12.1. The van der Waals surface area contributed by atoms with Gasteiger partial charge in [0, 0.05) is 12.1 Å². The largest absolute Gasteiger partial charge is 0.486 e. The number of amides is 2. The number of nitrogens with one attached hydrogen (secondary N) is 2. The van der Waals surface area contributed by atoms with Crippen LogP contribution in [0.3, 0.4) is 0 Å². The van der Waals surface area contributed by atoms with Gasteiger partial charge < -0.3 is 20.1 Å². The molecule has 2 aromatic carbocycles. The highest BCUT2D eigenvalue weighted by Crippen LogP contribution is 2.34. The molecule has 7 heteroatoms. The first-order valence-corrected chi connectivity index (χ1v) is 8.25. The molecule has 2 amide bonds. The zero-order valence-corrected chi connectivity index (χ0v) is 14.4. The molecular weight excluding hydrogens is 344 g/mol. The summed E-state index contributed by atoms with van der Waals surface area (Å²) in [5.74, 6) is 0.522. The number of fused-ring (bicyclic) bond motifs is 1. The van der Waals surface area contributed by atoms with Gasteiger partial charge >= 0.3 is 0 Å². The summed E-state index contributed by atoms with van der Waals surface area (Å²) in [6.07, 6.45) is 0.357. The minimum Gasteiger partial charge on any atom is -0.486 e. The molecule has 130 valence electrons. The van der Waals surface area contributed by atoms with Crippen molar-refractivity contribution >= 4 is 34.8 Å². The normalized spacial score (nSPS) is 12.4. The van der Waals surface area contributed by atoms with E-state index in [-0.39, 0.29) is 11.8 Å². The maximum atomic E-state index is 12.5. The third kappa shape index (κ3) is 3.85. The minimum atomic E-state index is -0.330. The Morgan fingerprint density at radius 1 is 1.12 bits per heavy atom. The predicted octanol–water partition coefficient (Wildman–Crippen LogP) is 3.71. The lowest BCUT2D eigenvalue weighted by molar-refractivity contribution is -0.115. The van der Waals surface area contributed by atoms with Crippen LogP contribution in [0.1, 0.15) is 23.7 Å². The summed E-state index contributed by atoms with van der Waals surface area (Å²) in [4.78, 5) is 24.0. The van der Waals surface area contributed by atoms with Crippen LogP contribution in [0.25, 0.3) is 0 Å². The Morgan fingerprint density at radius 2 is 1.92 bits per heavy atom. The molecule has 25 heavy (non-hydrogen) atoms. The van der Waals surface area contributed by atoms with E-state index in [9.17, 15) is 9.59 Å². The summed E-state index contributed by atoms with van der Waals surface area (Å²) in [6.45, 7) is 2.61. The molecule has 0 bridgehead atoms. The Hall–Kier alpha value is -2.73. The van der Waals surface area contributed by atoms with Crippen molar-refractivity contribution in [3.05, 3.63) is 47.0 Å². The molecule has 0 aliphatic carbocycles. The smallest absolute Gasteiger partial charge is 0.259 e. The van der Waals surface area contributed by atoms with E-state index in [2.05, 4.69) is 10.6 Å². The summed E-state index contributed by atoms with van der Waals surface area (Å²) in [7, 11) is 0.